The van der Waals surface area contributed by atoms with Gasteiger partial charge < -0.3 is 4.74 Å². The first-order valence-electron chi connectivity index (χ1n) is 9.89. The normalized spacial score (nSPS) is 26.9. The fourth-order valence-corrected chi connectivity index (χ4v) is 5.09. The molecule has 2 aliphatic carbocycles. The van der Waals surface area contributed by atoms with Gasteiger partial charge in [-0.3, -0.25) is 9.59 Å². The zero-order valence-corrected chi connectivity index (χ0v) is 16.3. The second-order valence-electron chi connectivity index (χ2n) is 8.28. The van der Waals surface area contributed by atoms with Crippen LogP contribution in [0.15, 0.2) is 54.6 Å². The van der Waals surface area contributed by atoms with Crippen LogP contribution in [0, 0.1) is 37.5 Å². The fraction of sp³-hybridized carbons (Fsp3) is 0.292. The first kappa shape index (κ1) is 17.9. The number of rotatable bonds is 3. The molecular weight excluding hydrogens is 366 g/mol. The largest absolute Gasteiger partial charge is 0.423 e. The molecule has 1 aliphatic heterocycles. The van der Waals surface area contributed by atoms with Gasteiger partial charge in [-0.25, -0.2) is 9.69 Å². The van der Waals surface area contributed by atoms with Crippen LogP contribution in [0.2, 0.25) is 0 Å². The van der Waals surface area contributed by atoms with Crippen LogP contribution in [0.25, 0.3) is 0 Å². The number of benzene rings is 2. The van der Waals surface area contributed by atoms with Gasteiger partial charge in [0.05, 0.1) is 23.1 Å². The third-order valence-electron chi connectivity index (χ3n) is 6.22. The highest BCUT2D eigenvalue weighted by atomic mass is 16.5. The fourth-order valence-electron chi connectivity index (χ4n) is 5.09. The van der Waals surface area contributed by atoms with Gasteiger partial charge in [0.25, 0.3) is 0 Å². The molecule has 0 N–H and O–H groups in total. The Morgan fingerprint density at radius 2 is 1.55 bits per heavy atom. The maximum Gasteiger partial charge on any atom is 0.343 e. The van der Waals surface area contributed by atoms with Crippen molar-refractivity contribution in [2.45, 2.75) is 20.3 Å². The van der Waals surface area contributed by atoms with E-state index in [0.29, 0.717) is 17.0 Å². The Morgan fingerprint density at radius 1 is 0.931 bits per heavy atom. The molecule has 1 saturated carbocycles. The summed E-state index contributed by atoms with van der Waals surface area (Å²) in [6.45, 7) is 3.88. The highest BCUT2D eigenvalue weighted by Gasteiger charge is 2.59. The van der Waals surface area contributed by atoms with Crippen LogP contribution >= 0.6 is 0 Å². The Kier molecular flexibility index (Phi) is 3.95. The van der Waals surface area contributed by atoms with Crippen LogP contribution in [0.5, 0.6) is 5.75 Å². The van der Waals surface area contributed by atoms with Gasteiger partial charge >= 0.3 is 5.97 Å². The number of carbonyl (C=O) groups excluding carboxylic acids is 3. The third kappa shape index (κ3) is 2.80. The molecule has 4 atom stereocenters. The SMILES string of the molecule is Cc1cc(C)cc(OC(=O)c2cccc(N3C(=O)[C@@H]4[C@H](C3=O)[C@@H]3C=C[C@H]4C3)c2)c1. The van der Waals surface area contributed by atoms with Crippen molar-refractivity contribution in [2.24, 2.45) is 23.7 Å². The van der Waals surface area contributed by atoms with E-state index in [4.69, 9.17) is 4.74 Å². The van der Waals surface area contributed by atoms with Gasteiger partial charge in [0.1, 0.15) is 5.75 Å². The van der Waals surface area contributed by atoms with E-state index in [1.165, 1.54) is 4.90 Å². The van der Waals surface area contributed by atoms with Crippen LogP contribution in [-0.4, -0.2) is 17.8 Å². The van der Waals surface area contributed by atoms with Gasteiger partial charge in [0.15, 0.2) is 0 Å². The maximum absolute atomic E-state index is 13.0. The number of fused-ring (bicyclic) bond motifs is 5. The number of ether oxygens (including phenoxy) is 1. The van der Waals surface area contributed by atoms with Crippen molar-refractivity contribution in [3.05, 3.63) is 71.3 Å². The Labute approximate surface area is 169 Å². The lowest BCUT2D eigenvalue weighted by Crippen LogP contribution is -2.33. The molecule has 0 unspecified atom stereocenters. The smallest absolute Gasteiger partial charge is 0.343 e. The number of hydrogen-bond acceptors (Lipinski definition) is 4. The van der Waals surface area contributed by atoms with Crippen molar-refractivity contribution in [1.82, 2.24) is 0 Å². The Morgan fingerprint density at radius 3 is 2.17 bits per heavy atom. The van der Waals surface area contributed by atoms with Gasteiger partial charge in [-0.2, -0.15) is 0 Å². The van der Waals surface area contributed by atoms with E-state index in [9.17, 15) is 14.4 Å². The summed E-state index contributed by atoms with van der Waals surface area (Å²) in [4.78, 5) is 39.9. The van der Waals surface area contributed by atoms with Crippen LogP contribution in [0.1, 0.15) is 27.9 Å². The molecule has 0 radical (unpaired) electrons. The molecule has 5 rings (SSSR count). The molecule has 2 aromatic rings. The number of allylic oxidation sites excluding steroid dienone is 2. The van der Waals surface area contributed by atoms with Crippen LogP contribution < -0.4 is 9.64 Å². The average Bonchev–Trinajstić information content (AvgIpc) is 3.35. The number of imide groups is 1. The minimum absolute atomic E-state index is 0.156. The lowest BCUT2D eigenvalue weighted by Gasteiger charge is -2.18. The monoisotopic (exact) mass is 387 g/mol. The van der Waals surface area contributed by atoms with Crippen LogP contribution in [0.4, 0.5) is 5.69 Å². The van der Waals surface area contributed by atoms with Crippen molar-refractivity contribution in [2.75, 3.05) is 4.90 Å². The molecule has 2 amide bonds. The number of esters is 1. The molecular formula is C24H21NO4. The highest BCUT2D eigenvalue weighted by Crippen LogP contribution is 2.53. The summed E-state index contributed by atoms with van der Waals surface area (Å²) >= 11 is 0. The van der Waals surface area contributed by atoms with E-state index in [2.05, 4.69) is 12.2 Å². The van der Waals surface area contributed by atoms with E-state index in [1.54, 1.807) is 36.4 Å². The third-order valence-corrected chi connectivity index (χ3v) is 6.22. The predicted octanol–water partition coefficient (Wildman–Crippen LogP) is 3.83. The molecule has 146 valence electrons. The zero-order chi connectivity index (χ0) is 20.3. The van der Waals surface area contributed by atoms with E-state index >= 15 is 0 Å². The molecule has 1 heterocycles. The van der Waals surface area contributed by atoms with Gasteiger partial charge in [0.2, 0.25) is 11.8 Å². The van der Waals surface area contributed by atoms with Gasteiger partial charge in [0, 0.05) is 0 Å². The second-order valence-corrected chi connectivity index (χ2v) is 8.28. The maximum atomic E-state index is 13.0. The molecule has 2 fully saturated rings. The highest BCUT2D eigenvalue weighted by molar-refractivity contribution is 6.23. The summed E-state index contributed by atoms with van der Waals surface area (Å²) in [7, 11) is 0. The number of aryl methyl sites for hydroxylation is 2. The van der Waals surface area contributed by atoms with Crippen molar-refractivity contribution < 1.29 is 19.1 Å². The number of anilines is 1. The molecule has 0 aromatic heterocycles. The Bertz CT molecular complexity index is 1040. The summed E-state index contributed by atoms with van der Waals surface area (Å²) < 4.78 is 5.51. The topological polar surface area (TPSA) is 63.7 Å². The van der Waals surface area contributed by atoms with Crippen molar-refractivity contribution >= 4 is 23.5 Å². The average molecular weight is 387 g/mol. The Hall–Kier alpha value is -3.21. The van der Waals surface area contributed by atoms with Crippen molar-refractivity contribution in [3.8, 4) is 5.75 Å². The van der Waals surface area contributed by atoms with Crippen LogP contribution in [-0.2, 0) is 9.59 Å². The van der Waals surface area contributed by atoms with Gasteiger partial charge in [-0.05, 0) is 73.6 Å². The molecule has 5 nitrogen and oxygen atoms in total. The number of carbonyl (C=O) groups is 3. The van der Waals surface area contributed by atoms with E-state index < -0.39 is 5.97 Å². The molecule has 2 bridgehead atoms. The van der Waals surface area contributed by atoms with Gasteiger partial charge in [-0.15, -0.1) is 0 Å². The molecule has 29 heavy (non-hydrogen) atoms. The van der Waals surface area contributed by atoms with Crippen molar-refractivity contribution in [3.63, 3.8) is 0 Å². The summed E-state index contributed by atoms with van der Waals surface area (Å²) in [5.41, 5.74) is 2.75. The molecule has 1 saturated heterocycles. The predicted molar refractivity (Wildman–Crippen MR) is 108 cm³/mol. The molecule has 3 aliphatic rings. The summed E-state index contributed by atoms with van der Waals surface area (Å²) in [5, 5.41) is 0. The van der Waals surface area contributed by atoms with E-state index in [-0.39, 0.29) is 35.5 Å². The minimum Gasteiger partial charge on any atom is -0.423 e. The number of hydrogen-bond donors (Lipinski definition) is 0. The molecule has 2 aromatic carbocycles. The summed E-state index contributed by atoms with van der Waals surface area (Å²) in [6.07, 6.45) is 5.03. The Balaban J connectivity index is 1.41. The quantitative estimate of drug-likeness (QED) is 0.347. The van der Waals surface area contributed by atoms with Crippen molar-refractivity contribution in [1.29, 1.82) is 0 Å². The summed E-state index contributed by atoms with van der Waals surface area (Å²) in [6, 6.07) is 12.2. The first-order valence-corrected chi connectivity index (χ1v) is 9.89. The molecule has 5 heteroatoms. The lowest BCUT2D eigenvalue weighted by molar-refractivity contribution is -0.123. The standard InChI is InChI=1S/C24H21NO4/c1-13-8-14(2)10-19(9-13)29-24(28)17-4-3-5-18(12-17)25-22(26)20-15-6-7-16(11-15)21(20)23(25)27/h3-10,12,15-16,20-21H,11H2,1-2H3/t15-,16+,20-,21+. The summed E-state index contributed by atoms with van der Waals surface area (Å²) in [5.74, 6) is -0.560. The lowest BCUT2D eigenvalue weighted by atomic mass is 9.85. The minimum atomic E-state index is -0.516. The number of nitrogens with zero attached hydrogens (tertiary/aromatic N) is 1. The van der Waals surface area contributed by atoms with E-state index in [1.807, 2.05) is 19.9 Å². The zero-order valence-electron chi connectivity index (χ0n) is 16.3. The number of amides is 2. The van der Waals surface area contributed by atoms with Gasteiger partial charge in [-0.1, -0.05) is 24.3 Å². The first-order chi connectivity index (χ1) is 13.9. The van der Waals surface area contributed by atoms with E-state index in [0.717, 1.165) is 17.5 Å². The molecule has 0 spiro atoms. The second kappa shape index (κ2) is 6.41. The van der Waals surface area contributed by atoms with Crippen LogP contribution in [0.3, 0.4) is 0 Å².